The molecule has 1 N–H and O–H groups in total. The van der Waals surface area contributed by atoms with E-state index in [1.807, 2.05) is 36.7 Å². The summed E-state index contributed by atoms with van der Waals surface area (Å²) < 4.78 is 1.94. The monoisotopic (exact) mass is 346 g/mol. The zero-order valence-electron chi connectivity index (χ0n) is 13.7. The Kier molecular flexibility index (Phi) is 3.67. The van der Waals surface area contributed by atoms with Gasteiger partial charge in [0.25, 0.3) is 0 Å². The van der Waals surface area contributed by atoms with E-state index in [9.17, 15) is 0 Å². The predicted molar refractivity (Wildman–Crippen MR) is 96.4 cm³/mol. The van der Waals surface area contributed by atoms with Crippen LogP contribution in [0.4, 0.5) is 0 Å². The molecule has 1 aromatic carbocycles. The number of aromatic nitrogens is 5. The molecule has 0 spiro atoms. The fourth-order valence-electron chi connectivity index (χ4n) is 2.76. The van der Waals surface area contributed by atoms with Gasteiger partial charge in [-0.15, -0.1) is 16.4 Å². The van der Waals surface area contributed by atoms with E-state index in [4.69, 9.17) is 5.26 Å². The van der Waals surface area contributed by atoms with E-state index in [0.717, 1.165) is 32.4 Å². The first-order valence-corrected chi connectivity index (χ1v) is 8.52. The Morgan fingerprint density at radius 1 is 1.04 bits per heavy atom. The maximum Gasteiger partial charge on any atom is 0.191 e. The van der Waals surface area contributed by atoms with Crippen LogP contribution >= 0.6 is 11.3 Å². The maximum absolute atomic E-state index is 9.08. The molecule has 3 heterocycles. The van der Waals surface area contributed by atoms with Crippen LogP contribution in [0.15, 0.2) is 42.5 Å². The molecule has 0 fully saturated rings. The molecule has 0 amide bonds. The second-order valence-corrected chi connectivity index (χ2v) is 6.77. The average molecular weight is 346 g/mol. The van der Waals surface area contributed by atoms with Crippen LogP contribution in [-0.2, 0) is 0 Å². The van der Waals surface area contributed by atoms with E-state index in [1.54, 1.807) is 11.3 Å². The van der Waals surface area contributed by atoms with Crippen molar-refractivity contribution in [1.29, 1.82) is 5.26 Å². The summed E-state index contributed by atoms with van der Waals surface area (Å²) in [6.07, 6.45) is 0. The normalized spacial score (nSPS) is 10.8. The van der Waals surface area contributed by atoms with Gasteiger partial charge >= 0.3 is 0 Å². The maximum atomic E-state index is 9.08. The Labute approximate surface area is 148 Å². The lowest BCUT2D eigenvalue weighted by Gasteiger charge is -2.05. The van der Waals surface area contributed by atoms with Gasteiger partial charge in [0.15, 0.2) is 5.69 Å². The highest BCUT2D eigenvalue weighted by atomic mass is 32.1. The van der Waals surface area contributed by atoms with Crippen LogP contribution in [0.3, 0.4) is 0 Å². The molecule has 0 saturated heterocycles. The van der Waals surface area contributed by atoms with E-state index in [-0.39, 0.29) is 0 Å². The molecule has 0 aliphatic rings. The highest BCUT2D eigenvalue weighted by Crippen LogP contribution is 2.34. The molecule has 0 bridgehead atoms. The second-order valence-electron chi connectivity index (χ2n) is 5.68. The van der Waals surface area contributed by atoms with Crippen molar-refractivity contribution in [2.75, 3.05) is 0 Å². The van der Waals surface area contributed by atoms with Crippen LogP contribution in [0.1, 0.15) is 17.1 Å². The van der Waals surface area contributed by atoms with E-state index < -0.39 is 0 Å². The van der Waals surface area contributed by atoms with Crippen molar-refractivity contribution in [2.45, 2.75) is 13.8 Å². The van der Waals surface area contributed by atoms with Gasteiger partial charge in [0.05, 0.1) is 16.3 Å². The smallest absolute Gasteiger partial charge is 0.191 e. The molecule has 0 aliphatic heterocycles. The molecule has 0 atom stereocenters. The molecular formula is C18H14N6S. The molecule has 7 heteroatoms. The van der Waals surface area contributed by atoms with Crippen LogP contribution in [0.2, 0.25) is 0 Å². The largest absolute Gasteiger partial charge is 0.238 e. The van der Waals surface area contributed by atoms with Crippen LogP contribution < -0.4 is 0 Å². The Morgan fingerprint density at radius 2 is 1.80 bits per heavy atom. The van der Waals surface area contributed by atoms with Gasteiger partial charge < -0.3 is 0 Å². The quantitative estimate of drug-likeness (QED) is 0.610. The first kappa shape index (κ1) is 15.3. The average Bonchev–Trinajstić information content (AvgIpc) is 3.33. The Hall–Kier alpha value is -3.24. The number of hydrogen-bond acceptors (Lipinski definition) is 5. The fraction of sp³-hybridized carbons (Fsp3) is 0.111. The number of nitrogens with zero attached hydrogens (tertiary/aromatic N) is 5. The molecule has 0 aliphatic carbocycles. The third-order valence-corrected chi connectivity index (χ3v) is 5.04. The first-order valence-electron chi connectivity index (χ1n) is 7.71. The van der Waals surface area contributed by atoms with Gasteiger partial charge in [0.1, 0.15) is 11.8 Å². The third kappa shape index (κ3) is 2.73. The zero-order chi connectivity index (χ0) is 17.4. The summed E-state index contributed by atoms with van der Waals surface area (Å²) in [5.41, 5.74) is 5.17. The van der Waals surface area contributed by atoms with Crippen LogP contribution in [0.5, 0.6) is 0 Å². The molecule has 0 radical (unpaired) electrons. The molecule has 0 saturated carbocycles. The highest BCUT2D eigenvalue weighted by Gasteiger charge is 2.13. The topological polar surface area (TPSA) is 83.2 Å². The summed E-state index contributed by atoms with van der Waals surface area (Å²) in [4.78, 5) is 2.03. The minimum atomic E-state index is 0.313. The van der Waals surface area contributed by atoms with E-state index in [0.29, 0.717) is 11.4 Å². The van der Waals surface area contributed by atoms with E-state index >= 15 is 0 Å². The van der Waals surface area contributed by atoms with Gasteiger partial charge in [0.2, 0.25) is 0 Å². The second kappa shape index (κ2) is 6.00. The molecule has 122 valence electrons. The molecule has 4 aromatic rings. The van der Waals surface area contributed by atoms with E-state index in [2.05, 4.69) is 50.8 Å². The number of aromatic amines is 1. The minimum absolute atomic E-state index is 0.313. The number of benzene rings is 1. The Bertz CT molecular complexity index is 1080. The van der Waals surface area contributed by atoms with Gasteiger partial charge in [-0.1, -0.05) is 12.1 Å². The summed E-state index contributed by atoms with van der Waals surface area (Å²) in [7, 11) is 0. The number of nitriles is 1. The van der Waals surface area contributed by atoms with Gasteiger partial charge in [-0.05, 0) is 49.7 Å². The van der Waals surface area contributed by atoms with Gasteiger partial charge in [0, 0.05) is 10.6 Å². The van der Waals surface area contributed by atoms with Crippen LogP contribution in [-0.4, -0.2) is 25.2 Å². The minimum Gasteiger partial charge on any atom is -0.238 e. The van der Waals surface area contributed by atoms with E-state index in [1.165, 1.54) is 0 Å². The highest BCUT2D eigenvalue weighted by molar-refractivity contribution is 7.18. The van der Waals surface area contributed by atoms with Crippen molar-refractivity contribution < 1.29 is 0 Å². The molecule has 25 heavy (non-hydrogen) atoms. The Morgan fingerprint density at radius 3 is 2.48 bits per heavy atom. The van der Waals surface area contributed by atoms with Gasteiger partial charge in [-0.2, -0.15) is 20.7 Å². The molecule has 4 rings (SSSR count). The zero-order valence-corrected chi connectivity index (χ0v) is 14.5. The summed E-state index contributed by atoms with van der Waals surface area (Å²) >= 11 is 1.59. The number of hydrogen-bond donors (Lipinski definition) is 1. The SMILES string of the molecule is Cc1cc(C)n(-c2ccc(-c3ccc(-c4n[nH]nc4C#N)s3)cc2)n1. The van der Waals surface area contributed by atoms with Crippen molar-refractivity contribution in [3.05, 3.63) is 59.5 Å². The van der Waals surface area contributed by atoms with Gasteiger partial charge in [-0.25, -0.2) is 4.68 Å². The van der Waals surface area contributed by atoms with Crippen molar-refractivity contribution in [2.24, 2.45) is 0 Å². The van der Waals surface area contributed by atoms with Crippen molar-refractivity contribution in [3.63, 3.8) is 0 Å². The molecule has 3 aromatic heterocycles. The fourth-order valence-corrected chi connectivity index (χ4v) is 3.76. The first-order chi connectivity index (χ1) is 12.2. The summed E-state index contributed by atoms with van der Waals surface area (Å²) in [5.74, 6) is 0. The van der Waals surface area contributed by atoms with Crippen molar-refractivity contribution in [1.82, 2.24) is 25.2 Å². The lowest BCUT2D eigenvalue weighted by molar-refractivity contribution is 0.834. The summed E-state index contributed by atoms with van der Waals surface area (Å²) in [6.45, 7) is 4.04. The molecule has 6 nitrogen and oxygen atoms in total. The number of H-pyrrole nitrogens is 1. The lowest BCUT2D eigenvalue weighted by Crippen LogP contribution is -1.98. The Balaban J connectivity index is 1.65. The number of nitrogens with one attached hydrogen (secondary N) is 1. The number of rotatable bonds is 3. The number of thiophene rings is 1. The molecule has 0 unspecified atom stereocenters. The van der Waals surface area contributed by atoms with Crippen molar-refractivity contribution >= 4 is 11.3 Å². The lowest BCUT2D eigenvalue weighted by atomic mass is 10.1. The third-order valence-electron chi connectivity index (χ3n) is 3.90. The summed E-state index contributed by atoms with van der Waals surface area (Å²) in [6, 6.07) is 16.4. The van der Waals surface area contributed by atoms with Crippen LogP contribution in [0, 0.1) is 25.2 Å². The van der Waals surface area contributed by atoms with Crippen molar-refractivity contribution in [3.8, 4) is 32.8 Å². The standard InChI is InChI=1S/C18H14N6S/c1-11-9-12(2)24(22-11)14-5-3-13(4-6-14)16-7-8-17(25-16)18-15(10-19)20-23-21-18/h3-9H,1-2H3,(H,20,21,23). The predicted octanol–water partition coefficient (Wildman–Crippen LogP) is 3.87. The number of aryl methyl sites for hydroxylation is 2. The molecular weight excluding hydrogens is 332 g/mol. The van der Waals surface area contributed by atoms with Crippen LogP contribution in [0.25, 0.3) is 26.7 Å². The van der Waals surface area contributed by atoms with Gasteiger partial charge in [-0.3, -0.25) is 0 Å². The summed E-state index contributed by atoms with van der Waals surface area (Å²) in [5, 5.41) is 24.0.